The molecule has 1 aromatic carbocycles. The Bertz CT molecular complexity index is 502. The van der Waals surface area contributed by atoms with Crippen molar-refractivity contribution in [3.63, 3.8) is 0 Å². The molecule has 0 atom stereocenters. The number of hydrogen-bond acceptors (Lipinski definition) is 3. The van der Waals surface area contributed by atoms with Gasteiger partial charge in [-0.15, -0.1) is 0 Å². The maximum absolute atomic E-state index is 11.7. The molecule has 1 aromatic rings. The Morgan fingerprint density at radius 2 is 2.10 bits per heavy atom. The van der Waals surface area contributed by atoms with Crippen molar-refractivity contribution < 1.29 is 9.53 Å². The first-order chi connectivity index (χ1) is 9.81. The topological polar surface area (TPSA) is 64.3 Å². The fraction of sp³-hybridized carbons (Fsp3) is 0.471. The molecule has 1 amide bonds. The third kappa shape index (κ3) is 6.84. The standard InChI is InChI=1S/C17H26N2O2/c1-5-6-11-21-15-9-7-13(12-14(15)18)8-10-16(20)19-17(2,3)4/h7-10,12H,5-6,11,18H2,1-4H3,(H,19,20)/b10-8-. The number of carbonyl (C=O) groups is 1. The molecule has 4 nitrogen and oxygen atoms in total. The smallest absolute Gasteiger partial charge is 0.244 e. The van der Waals surface area contributed by atoms with Crippen molar-refractivity contribution in [3.8, 4) is 5.75 Å². The number of ether oxygens (including phenoxy) is 1. The molecule has 0 radical (unpaired) electrons. The highest BCUT2D eigenvalue weighted by atomic mass is 16.5. The lowest BCUT2D eigenvalue weighted by Gasteiger charge is -2.18. The highest BCUT2D eigenvalue weighted by Gasteiger charge is 2.11. The average Bonchev–Trinajstić information content (AvgIpc) is 2.37. The van der Waals surface area contributed by atoms with Gasteiger partial charge in [-0.2, -0.15) is 0 Å². The van der Waals surface area contributed by atoms with Crippen LogP contribution < -0.4 is 15.8 Å². The fourth-order valence-corrected chi connectivity index (χ4v) is 1.71. The van der Waals surface area contributed by atoms with Crippen molar-refractivity contribution in [1.29, 1.82) is 0 Å². The van der Waals surface area contributed by atoms with E-state index in [2.05, 4.69) is 12.2 Å². The summed E-state index contributed by atoms with van der Waals surface area (Å²) in [7, 11) is 0. The van der Waals surface area contributed by atoms with Crippen molar-refractivity contribution in [3.05, 3.63) is 29.8 Å². The molecule has 4 heteroatoms. The van der Waals surface area contributed by atoms with Crippen LogP contribution in [0.4, 0.5) is 5.69 Å². The largest absolute Gasteiger partial charge is 0.491 e. The third-order valence-electron chi connectivity index (χ3n) is 2.71. The zero-order chi connectivity index (χ0) is 15.9. The zero-order valence-corrected chi connectivity index (χ0v) is 13.4. The maximum Gasteiger partial charge on any atom is 0.244 e. The molecule has 0 spiro atoms. The Labute approximate surface area is 127 Å². The second kappa shape index (κ2) is 7.72. The first-order valence-electron chi connectivity index (χ1n) is 7.34. The molecule has 0 aliphatic carbocycles. The Balaban J connectivity index is 2.65. The summed E-state index contributed by atoms with van der Waals surface area (Å²) in [5.41, 5.74) is 7.18. The molecule has 3 N–H and O–H groups in total. The van der Waals surface area contributed by atoms with E-state index >= 15 is 0 Å². The molecule has 116 valence electrons. The zero-order valence-electron chi connectivity index (χ0n) is 13.4. The molecule has 0 aliphatic rings. The highest BCUT2D eigenvalue weighted by molar-refractivity contribution is 5.92. The second-order valence-corrected chi connectivity index (χ2v) is 6.07. The van der Waals surface area contributed by atoms with Gasteiger partial charge in [0, 0.05) is 11.6 Å². The number of carbonyl (C=O) groups excluding carboxylic acids is 1. The Morgan fingerprint density at radius 1 is 1.38 bits per heavy atom. The number of amides is 1. The van der Waals surface area contributed by atoms with E-state index in [1.807, 2.05) is 39.0 Å². The predicted octanol–water partition coefficient (Wildman–Crippen LogP) is 3.38. The SMILES string of the molecule is CCCCOc1ccc(/C=C\C(=O)NC(C)(C)C)cc1N. The van der Waals surface area contributed by atoms with Gasteiger partial charge in [0.15, 0.2) is 0 Å². The van der Waals surface area contributed by atoms with Crippen LogP contribution in [0, 0.1) is 0 Å². The van der Waals surface area contributed by atoms with Crippen molar-refractivity contribution in [2.45, 2.75) is 46.1 Å². The summed E-state index contributed by atoms with van der Waals surface area (Å²) >= 11 is 0. The summed E-state index contributed by atoms with van der Waals surface area (Å²) in [5.74, 6) is 0.573. The van der Waals surface area contributed by atoms with Crippen LogP contribution in [0.1, 0.15) is 46.1 Å². The molecule has 0 unspecified atom stereocenters. The normalized spacial score (nSPS) is 11.6. The van der Waals surface area contributed by atoms with E-state index in [4.69, 9.17) is 10.5 Å². The first kappa shape index (κ1) is 17.1. The predicted molar refractivity (Wildman–Crippen MR) is 88.2 cm³/mol. The van der Waals surface area contributed by atoms with Crippen LogP contribution in [0.25, 0.3) is 6.08 Å². The minimum absolute atomic E-state index is 0.121. The molecule has 0 heterocycles. The summed E-state index contributed by atoms with van der Waals surface area (Å²) in [6.07, 6.45) is 5.35. The fourth-order valence-electron chi connectivity index (χ4n) is 1.71. The van der Waals surface area contributed by atoms with Gasteiger partial charge in [0.05, 0.1) is 12.3 Å². The second-order valence-electron chi connectivity index (χ2n) is 6.07. The van der Waals surface area contributed by atoms with Gasteiger partial charge in [0.1, 0.15) is 5.75 Å². The third-order valence-corrected chi connectivity index (χ3v) is 2.71. The van der Waals surface area contributed by atoms with Crippen LogP contribution in [0.15, 0.2) is 24.3 Å². The minimum atomic E-state index is -0.239. The molecule has 0 fully saturated rings. The molecule has 0 aromatic heterocycles. The monoisotopic (exact) mass is 290 g/mol. The first-order valence-corrected chi connectivity index (χ1v) is 7.34. The minimum Gasteiger partial charge on any atom is -0.491 e. The van der Waals surface area contributed by atoms with Crippen molar-refractivity contribution in [1.82, 2.24) is 5.32 Å². The molecule has 0 bridgehead atoms. The van der Waals surface area contributed by atoms with Gasteiger partial charge < -0.3 is 15.8 Å². The van der Waals surface area contributed by atoms with Gasteiger partial charge in [0.25, 0.3) is 0 Å². The maximum atomic E-state index is 11.7. The van der Waals surface area contributed by atoms with E-state index in [9.17, 15) is 4.79 Å². The van der Waals surface area contributed by atoms with Crippen molar-refractivity contribution in [2.24, 2.45) is 0 Å². The lowest BCUT2D eigenvalue weighted by atomic mass is 10.1. The van der Waals surface area contributed by atoms with Crippen LogP contribution in [-0.2, 0) is 4.79 Å². The van der Waals surface area contributed by atoms with Gasteiger partial charge in [-0.3, -0.25) is 4.79 Å². The Hall–Kier alpha value is -1.97. The average molecular weight is 290 g/mol. The van der Waals surface area contributed by atoms with E-state index in [0.717, 1.165) is 18.4 Å². The van der Waals surface area contributed by atoms with Gasteiger partial charge in [0.2, 0.25) is 5.91 Å². The number of rotatable bonds is 6. The van der Waals surface area contributed by atoms with E-state index in [1.54, 1.807) is 6.08 Å². The Morgan fingerprint density at radius 3 is 2.67 bits per heavy atom. The number of nitrogens with two attached hydrogens (primary N) is 1. The van der Waals surface area contributed by atoms with Crippen LogP contribution in [0.2, 0.25) is 0 Å². The summed E-state index contributed by atoms with van der Waals surface area (Å²) < 4.78 is 5.60. The molecule has 0 aliphatic heterocycles. The number of benzene rings is 1. The van der Waals surface area contributed by atoms with E-state index < -0.39 is 0 Å². The van der Waals surface area contributed by atoms with Crippen LogP contribution >= 0.6 is 0 Å². The summed E-state index contributed by atoms with van der Waals surface area (Å²) in [6.45, 7) is 8.62. The van der Waals surface area contributed by atoms with Crippen LogP contribution in [0.3, 0.4) is 0 Å². The quantitative estimate of drug-likeness (QED) is 0.479. The number of nitrogen functional groups attached to an aromatic ring is 1. The molecular formula is C17H26N2O2. The Kier molecular flexibility index (Phi) is 6.28. The van der Waals surface area contributed by atoms with E-state index in [0.29, 0.717) is 18.0 Å². The number of unbranched alkanes of at least 4 members (excludes halogenated alkanes) is 1. The van der Waals surface area contributed by atoms with Crippen LogP contribution in [-0.4, -0.2) is 18.1 Å². The molecule has 21 heavy (non-hydrogen) atoms. The van der Waals surface area contributed by atoms with Gasteiger partial charge in [-0.1, -0.05) is 19.4 Å². The molecule has 1 rings (SSSR count). The van der Waals surface area contributed by atoms with Crippen molar-refractivity contribution >= 4 is 17.7 Å². The molecule has 0 saturated carbocycles. The lowest BCUT2D eigenvalue weighted by molar-refractivity contribution is -0.117. The summed E-state index contributed by atoms with van der Waals surface area (Å²) in [5, 5.41) is 2.87. The van der Waals surface area contributed by atoms with Gasteiger partial charge in [-0.25, -0.2) is 0 Å². The van der Waals surface area contributed by atoms with Gasteiger partial charge in [-0.05, 0) is 51.0 Å². The summed E-state index contributed by atoms with van der Waals surface area (Å²) in [4.78, 5) is 11.7. The van der Waals surface area contributed by atoms with E-state index in [-0.39, 0.29) is 11.4 Å². The molecular weight excluding hydrogens is 264 g/mol. The number of anilines is 1. The lowest BCUT2D eigenvalue weighted by Crippen LogP contribution is -2.39. The molecule has 0 saturated heterocycles. The highest BCUT2D eigenvalue weighted by Crippen LogP contribution is 2.23. The summed E-state index contributed by atoms with van der Waals surface area (Å²) in [6, 6.07) is 5.53. The van der Waals surface area contributed by atoms with Crippen LogP contribution in [0.5, 0.6) is 5.75 Å². The number of nitrogens with one attached hydrogen (secondary N) is 1. The van der Waals surface area contributed by atoms with Gasteiger partial charge >= 0.3 is 0 Å². The number of hydrogen-bond donors (Lipinski definition) is 2. The van der Waals surface area contributed by atoms with E-state index in [1.165, 1.54) is 6.08 Å². The van der Waals surface area contributed by atoms with Crippen molar-refractivity contribution in [2.75, 3.05) is 12.3 Å².